The van der Waals surface area contributed by atoms with Crippen molar-refractivity contribution in [2.75, 3.05) is 6.61 Å². The number of oxazole rings is 1. The number of rotatable bonds is 10. The maximum Gasteiger partial charge on any atom is 0.226 e. The molecule has 148 valence electrons. The first-order valence-electron chi connectivity index (χ1n) is 9.81. The van der Waals surface area contributed by atoms with Crippen molar-refractivity contribution in [3.05, 3.63) is 57.6 Å². The third-order valence-electron chi connectivity index (χ3n) is 4.52. The predicted molar refractivity (Wildman–Crippen MR) is 122 cm³/mol. The highest BCUT2D eigenvalue weighted by molar-refractivity contribution is 9.11. The number of hydrogen-bond acceptors (Lipinski definition) is 3. The number of unbranched alkanes of at least 4 members (excludes halogenated alkanes) is 5. The van der Waals surface area contributed by atoms with Crippen LogP contribution in [-0.2, 0) is 0 Å². The van der Waals surface area contributed by atoms with Gasteiger partial charge in [-0.3, -0.25) is 0 Å². The minimum absolute atomic E-state index is 0.605. The maximum absolute atomic E-state index is 5.96. The molecule has 0 fully saturated rings. The SMILES string of the molecule is CCCCCCCCOc1ccc(-c2ncc(-c3cc(Br)cc(Br)c3)o2)cc1. The quantitative estimate of drug-likeness (QED) is 0.259. The second-order valence-corrected chi connectivity index (χ2v) is 8.66. The van der Waals surface area contributed by atoms with Crippen LogP contribution in [-0.4, -0.2) is 11.6 Å². The maximum atomic E-state index is 5.96. The van der Waals surface area contributed by atoms with E-state index in [2.05, 4.69) is 43.8 Å². The Morgan fingerprint density at radius 1 is 0.857 bits per heavy atom. The van der Waals surface area contributed by atoms with Crippen LogP contribution in [0.1, 0.15) is 45.4 Å². The fourth-order valence-corrected chi connectivity index (χ4v) is 4.30. The monoisotopic (exact) mass is 505 g/mol. The van der Waals surface area contributed by atoms with E-state index in [0.717, 1.165) is 44.6 Å². The van der Waals surface area contributed by atoms with E-state index in [4.69, 9.17) is 9.15 Å². The predicted octanol–water partition coefficient (Wildman–Crippen LogP) is 8.27. The molecule has 1 aromatic heterocycles. The van der Waals surface area contributed by atoms with E-state index in [9.17, 15) is 0 Å². The number of benzene rings is 2. The Balaban J connectivity index is 1.55. The minimum atomic E-state index is 0.605. The fraction of sp³-hybridized carbons (Fsp3) is 0.348. The van der Waals surface area contributed by atoms with Crippen molar-refractivity contribution in [3.8, 4) is 28.5 Å². The molecule has 0 spiro atoms. The lowest BCUT2D eigenvalue weighted by Crippen LogP contribution is -1.97. The molecule has 0 atom stereocenters. The molecule has 28 heavy (non-hydrogen) atoms. The van der Waals surface area contributed by atoms with E-state index in [1.54, 1.807) is 6.20 Å². The van der Waals surface area contributed by atoms with Gasteiger partial charge in [0.15, 0.2) is 5.76 Å². The molecule has 0 saturated heterocycles. The summed E-state index contributed by atoms with van der Waals surface area (Å²) in [6.45, 7) is 3.01. The van der Waals surface area contributed by atoms with Crippen LogP contribution in [0, 0.1) is 0 Å². The van der Waals surface area contributed by atoms with Crippen LogP contribution in [0.5, 0.6) is 5.75 Å². The largest absolute Gasteiger partial charge is 0.494 e. The molecule has 2 aromatic carbocycles. The van der Waals surface area contributed by atoms with E-state index in [1.807, 2.05) is 42.5 Å². The van der Waals surface area contributed by atoms with Gasteiger partial charge in [-0.05, 0) is 48.9 Å². The average Bonchev–Trinajstić information content (AvgIpc) is 3.17. The van der Waals surface area contributed by atoms with Gasteiger partial charge in [-0.15, -0.1) is 0 Å². The summed E-state index contributed by atoms with van der Waals surface area (Å²) >= 11 is 7.01. The fourth-order valence-electron chi connectivity index (χ4n) is 3.00. The number of halogens is 2. The van der Waals surface area contributed by atoms with E-state index in [0.29, 0.717) is 5.89 Å². The van der Waals surface area contributed by atoms with Crippen LogP contribution in [0.3, 0.4) is 0 Å². The zero-order chi connectivity index (χ0) is 19.8. The molecule has 3 nitrogen and oxygen atoms in total. The van der Waals surface area contributed by atoms with E-state index in [-0.39, 0.29) is 0 Å². The van der Waals surface area contributed by atoms with Gasteiger partial charge < -0.3 is 9.15 Å². The Morgan fingerprint density at radius 2 is 1.54 bits per heavy atom. The zero-order valence-corrected chi connectivity index (χ0v) is 19.3. The molecule has 1 heterocycles. The van der Waals surface area contributed by atoms with Crippen LogP contribution in [0.4, 0.5) is 0 Å². The molecule has 0 saturated carbocycles. The van der Waals surface area contributed by atoms with Gasteiger partial charge in [-0.1, -0.05) is 70.9 Å². The van der Waals surface area contributed by atoms with Crippen LogP contribution < -0.4 is 4.74 Å². The highest BCUT2D eigenvalue weighted by Crippen LogP contribution is 2.31. The lowest BCUT2D eigenvalue weighted by atomic mass is 10.1. The molecule has 5 heteroatoms. The van der Waals surface area contributed by atoms with Crippen molar-refractivity contribution in [3.63, 3.8) is 0 Å². The summed E-state index contributed by atoms with van der Waals surface area (Å²) in [6.07, 6.45) is 9.36. The summed E-state index contributed by atoms with van der Waals surface area (Å²) in [6, 6.07) is 13.9. The molecule has 0 amide bonds. The highest BCUT2D eigenvalue weighted by Gasteiger charge is 2.10. The van der Waals surface area contributed by atoms with Gasteiger partial charge in [0.2, 0.25) is 5.89 Å². The molecule has 0 unspecified atom stereocenters. The van der Waals surface area contributed by atoms with Gasteiger partial charge in [0.25, 0.3) is 0 Å². The summed E-state index contributed by atoms with van der Waals surface area (Å²) < 4.78 is 13.8. The lowest BCUT2D eigenvalue weighted by Gasteiger charge is -2.06. The van der Waals surface area contributed by atoms with Crippen molar-refractivity contribution in [1.29, 1.82) is 0 Å². The van der Waals surface area contributed by atoms with Gasteiger partial charge in [-0.25, -0.2) is 4.98 Å². The smallest absolute Gasteiger partial charge is 0.226 e. The van der Waals surface area contributed by atoms with E-state index in [1.165, 1.54) is 32.1 Å². The zero-order valence-electron chi connectivity index (χ0n) is 16.1. The topological polar surface area (TPSA) is 35.3 Å². The highest BCUT2D eigenvalue weighted by atomic mass is 79.9. The second-order valence-electron chi connectivity index (χ2n) is 6.83. The molecule has 3 aromatic rings. The Kier molecular flexibility index (Phi) is 8.16. The first-order chi connectivity index (χ1) is 13.7. The summed E-state index contributed by atoms with van der Waals surface area (Å²) in [4.78, 5) is 4.42. The normalized spacial score (nSPS) is 11.0. The molecule has 0 aliphatic heterocycles. The molecule has 0 aliphatic carbocycles. The summed E-state index contributed by atoms with van der Waals surface area (Å²) in [5.74, 6) is 2.23. The molecule has 0 N–H and O–H groups in total. The lowest BCUT2D eigenvalue weighted by molar-refractivity contribution is 0.304. The molecule has 0 bridgehead atoms. The van der Waals surface area contributed by atoms with Crippen molar-refractivity contribution in [2.45, 2.75) is 45.4 Å². The van der Waals surface area contributed by atoms with Gasteiger partial charge in [0.1, 0.15) is 5.75 Å². The third kappa shape index (κ3) is 6.21. The Labute approximate surface area is 183 Å². The summed E-state index contributed by atoms with van der Waals surface area (Å²) in [5, 5.41) is 0. The minimum Gasteiger partial charge on any atom is -0.494 e. The van der Waals surface area contributed by atoms with Crippen molar-refractivity contribution >= 4 is 31.9 Å². The number of aromatic nitrogens is 1. The first kappa shape index (κ1) is 21.1. The molecular formula is C23H25Br2NO2. The van der Waals surface area contributed by atoms with Crippen molar-refractivity contribution in [2.24, 2.45) is 0 Å². The van der Waals surface area contributed by atoms with Crippen LogP contribution in [0.15, 0.2) is 62.0 Å². The number of nitrogens with zero attached hydrogens (tertiary/aromatic N) is 1. The number of hydrogen-bond donors (Lipinski definition) is 0. The van der Waals surface area contributed by atoms with Crippen molar-refractivity contribution < 1.29 is 9.15 Å². The van der Waals surface area contributed by atoms with E-state index < -0.39 is 0 Å². The molecular weight excluding hydrogens is 482 g/mol. The second kappa shape index (κ2) is 10.8. The van der Waals surface area contributed by atoms with Crippen LogP contribution in [0.2, 0.25) is 0 Å². The van der Waals surface area contributed by atoms with Crippen LogP contribution in [0.25, 0.3) is 22.8 Å². The van der Waals surface area contributed by atoms with Gasteiger partial charge in [0.05, 0.1) is 12.8 Å². The van der Waals surface area contributed by atoms with Gasteiger partial charge >= 0.3 is 0 Å². The average molecular weight is 507 g/mol. The van der Waals surface area contributed by atoms with Gasteiger partial charge in [-0.2, -0.15) is 0 Å². The number of ether oxygens (including phenoxy) is 1. The molecule has 0 radical (unpaired) electrons. The van der Waals surface area contributed by atoms with Gasteiger partial charge in [0, 0.05) is 20.1 Å². The van der Waals surface area contributed by atoms with E-state index >= 15 is 0 Å². The van der Waals surface area contributed by atoms with Crippen molar-refractivity contribution in [1.82, 2.24) is 4.98 Å². The molecule has 3 rings (SSSR count). The third-order valence-corrected chi connectivity index (χ3v) is 5.44. The van der Waals surface area contributed by atoms with Crippen LogP contribution >= 0.6 is 31.9 Å². The molecule has 0 aliphatic rings. The Bertz CT molecular complexity index is 854. The summed E-state index contributed by atoms with van der Waals surface area (Å²) in [7, 11) is 0. The standard InChI is InChI=1S/C23H25Br2NO2/c1-2-3-4-5-6-7-12-27-21-10-8-17(9-11-21)23-26-16-22(28-23)18-13-19(24)15-20(25)14-18/h8-11,13-16H,2-7,12H2,1H3. The summed E-state index contributed by atoms with van der Waals surface area (Å²) in [5.41, 5.74) is 1.91. The Hall–Kier alpha value is -1.59. The first-order valence-corrected chi connectivity index (χ1v) is 11.4. The Morgan fingerprint density at radius 3 is 2.25 bits per heavy atom.